The Morgan fingerprint density at radius 3 is 2.65 bits per heavy atom. The highest BCUT2D eigenvalue weighted by Crippen LogP contribution is 2.19. The zero-order chi connectivity index (χ0) is 14.7. The molecule has 0 bridgehead atoms. The SMILES string of the molecule is Cc1cc(C(=O)N(C)CC2CCN(C)CC2)ccc1N. The van der Waals surface area contributed by atoms with Crippen molar-refractivity contribution in [2.75, 3.05) is 39.5 Å². The number of nitrogen functional groups attached to an aromatic ring is 1. The number of likely N-dealkylation sites (tertiary alicyclic amines) is 1. The lowest BCUT2D eigenvalue weighted by Gasteiger charge is -2.31. The number of amides is 1. The Bertz CT molecular complexity index is 479. The Labute approximate surface area is 121 Å². The summed E-state index contributed by atoms with van der Waals surface area (Å²) in [5, 5.41) is 0. The molecule has 4 heteroatoms. The van der Waals surface area contributed by atoms with Gasteiger partial charge >= 0.3 is 0 Å². The second-order valence-corrected chi connectivity index (χ2v) is 6.00. The maximum atomic E-state index is 12.4. The summed E-state index contributed by atoms with van der Waals surface area (Å²) in [4.78, 5) is 16.6. The van der Waals surface area contributed by atoms with Crippen LogP contribution >= 0.6 is 0 Å². The van der Waals surface area contributed by atoms with Crippen molar-refractivity contribution in [1.29, 1.82) is 0 Å². The number of carbonyl (C=O) groups excluding carboxylic acids is 1. The molecule has 0 unspecified atom stereocenters. The second kappa shape index (κ2) is 6.27. The van der Waals surface area contributed by atoms with E-state index < -0.39 is 0 Å². The topological polar surface area (TPSA) is 49.6 Å². The standard InChI is InChI=1S/C16H25N3O/c1-12-10-14(4-5-15(12)17)16(20)19(3)11-13-6-8-18(2)9-7-13/h4-5,10,13H,6-9,11,17H2,1-3H3. The molecule has 0 aliphatic carbocycles. The lowest BCUT2D eigenvalue weighted by Crippen LogP contribution is -2.38. The molecule has 1 aliphatic heterocycles. The van der Waals surface area contributed by atoms with Crippen LogP contribution in [0, 0.1) is 12.8 Å². The van der Waals surface area contributed by atoms with E-state index in [1.807, 2.05) is 37.1 Å². The lowest BCUT2D eigenvalue weighted by molar-refractivity contribution is 0.0747. The summed E-state index contributed by atoms with van der Waals surface area (Å²) >= 11 is 0. The van der Waals surface area contributed by atoms with Crippen molar-refractivity contribution >= 4 is 11.6 Å². The third-order valence-corrected chi connectivity index (χ3v) is 4.23. The molecule has 0 atom stereocenters. The first-order valence-corrected chi connectivity index (χ1v) is 7.27. The molecule has 0 radical (unpaired) electrons. The number of carbonyl (C=O) groups is 1. The molecule has 0 spiro atoms. The fourth-order valence-corrected chi connectivity index (χ4v) is 2.74. The van der Waals surface area contributed by atoms with E-state index in [9.17, 15) is 4.79 Å². The van der Waals surface area contributed by atoms with Gasteiger partial charge in [0.05, 0.1) is 0 Å². The summed E-state index contributed by atoms with van der Waals surface area (Å²) in [6.45, 7) is 5.04. The molecule has 1 heterocycles. The third kappa shape index (κ3) is 3.51. The Balaban J connectivity index is 1.96. The smallest absolute Gasteiger partial charge is 0.253 e. The number of hydrogen-bond donors (Lipinski definition) is 1. The van der Waals surface area contributed by atoms with Crippen molar-refractivity contribution in [2.45, 2.75) is 19.8 Å². The number of rotatable bonds is 3. The Kier molecular flexibility index (Phi) is 4.65. The van der Waals surface area contributed by atoms with E-state index in [1.165, 1.54) is 12.8 Å². The minimum absolute atomic E-state index is 0.0898. The highest BCUT2D eigenvalue weighted by Gasteiger charge is 2.21. The van der Waals surface area contributed by atoms with Crippen LogP contribution in [0.4, 0.5) is 5.69 Å². The first kappa shape index (κ1) is 14.9. The van der Waals surface area contributed by atoms with Crippen molar-refractivity contribution in [2.24, 2.45) is 5.92 Å². The molecular weight excluding hydrogens is 250 g/mol. The zero-order valence-electron chi connectivity index (χ0n) is 12.7. The molecule has 4 nitrogen and oxygen atoms in total. The van der Waals surface area contributed by atoms with Gasteiger partial charge in [0.15, 0.2) is 0 Å². The predicted octanol–water partition coefficient (Wildman–Crippen LogP) is 1.99. The monoisotopic (exact) mass is 275 g/mol. The van der Waals surface area contributed by atoms with Crippen molar-refractivity contribution in [3.8, 4) is 0 Å². The Hall–Kier alpha value is -1.55. The number of aryl methyl sites for hydroxylation is 1. The largest absolute Gasteiger partial charge is 0.399 e. The van der Waals surface area contributed by atoms with Crippen LogP contribution in [0.3, 0.4) is 0 Å². The van der Waals surface area contributed by atoms with Gasteiger partial charge in [-0.3, -0.25) is 4.79 Å². The zero-order valence-corrected chi connectivity index (χ0v) is 12.7. The summed E-state index contributed by atoms with van der Waals surface area (Å²) in [6, 6.07) is 5.50. The molecule has 20 heavy (non-hydrogen) atoms. The van der Waals surface area contributed by atoms with Crippen molar-refractivity contribution in [3.05, 3.63) is 29.3 Å². The first-order valence-electron chi connectivity index (χ1n) is 7.27. The van der Waals surface area contributed by atoms with Crippen LogP contribution < -0.4 is 5.73 Å². The minimum atomic E-state index is 0.0898. The molecule has 0 aromatic heterocycles. The molecule has 1 amide bonds. The van der Waals surface area contributed by atoms with Crippen LogP contribution in [-0.2, 0) is 0 Å². The molecule has 1 aromatic rings. The number of piperidine rings is 1. The van der Waals surface area contributed by atoms with Crippen LogP contribution in [0.25, 0.3) is 0 Å². The highest BCUT2D eigenvalue weighted by atomic mass is 16.2. The summed E-state index contributed by atoms with van der Waals surface area (Å²) in [6.07, 6.45) is 2.35. The van der Waals surface area contributed by atoms with E-state index in [1.54, 1.807) is 0 Å². The molecule has 0 saturated carbocycles. The summed E-state index contributed by atoms with van der Waals surface area (Å²) in [5.41, 5.74) is 8.22. The fourth-order valence-electron chi connectivity index (χ4n) is 2.74. The predicted molar refractivity (Wildman–Crippen MR) is 82.8 cm³/mol. The van der Waals surface area contributed by atoms with Gasteiger partial charge < -0.3 is 15.5 Å². The van der Waals surface area contributed by atoms with Gasteiger partial charge in [0.2, 0.25) is 0 Å². The lowest BCUT2D eigenvalue weighted by atomic mass is 9.96. The van der Waals surface area contributed by atoms with Crippen molar-refractivity contribution in [3.63, 3.8) is 0 Å². The summed E-state index contributed by atoms with van der Waals surface area (Å²) < 4.78 is 0. The Morgan fingerprint density at radius 1 is 1.40 bits per heavy atom. The number of nitrogens with zero attached hydrogens (tertiary/aromatic N) is 2. The van der Waals surface area contributed by atoms with E-state index in [4.69, 9.17) is 5.73 Å². The molecule has 1 aliphatic rings. The molecule has 2 rings (SSSR count). The van der Waals surface area contributed by atoms with Crippen LogP contribution in [0.1, 0.15) is 28.8 Å². The van der Waals surface area contributed by atoms with E-state index in [2.05, 4.69) is 11.9 Å². The number of anilines is 1. The number of nitrogens with two attached hydrogens (primary N) is 1. The van der Waals surface area contributed by atoms with Gasteiger partial charge in [-0.2, -0.15) is 0 Å². The molecule has 1 aromatic carbocycles. The van der Waals surface area contributed by atoms with E-state index in [0.717, 1.165) is 36.4 Å². The second-order valence-electron chi connectivity index (χ2n) is 6.00. The van der Waals surface area contributed by atoms with E-state index in [-0.39, 0.29) is 5.91 Å². The number of hydrogen-bond acceptors (Lipinski definition) is 3. The molecule has 1 saturated heterocycles. The third-order valence-electron chi connectivity index (χ3n) is 4.23. The average molecular weight is 275 g/mol. The van der Waals surface area contributed by atoms with Gasteiger partial charge in [-0.15, -0.1) is 0 Å². The Morgan fingerprint density at radius 2 is 2.05 bits per heavy atom. The maximum absolute atomic E-state index is 12.4. The van der Waals surface area contributed by atoms with Crippen LogP contribution in [-0.4, -0.2) is 49.4 Å². The molecule has 110 valence electrons. The molecular formula is C16H25N3O. The normalized spacial score (nSPS) is 17.1. The quantitative estimate of drug-likeness (QED) is 0.858. The minimum Gasteiger partial charge on any atom is -0.399 e. The number of benzene rings is 1. The fraction of sp³-hybridized carbons (Fsp3) is 0.562. The average Bonchev–Trinajstić information content (AvgIpc) is 2.43. The summed E-state index contributed by atoms with van der Waals surface area (Å²) in [5.74, 6) is 0.710. The van der Waals surface area contributed by atoms with Gasteiger partial charge in [-0.25, -0.2) is 0 Å². The van der Waals surface area contributed by atoms with E-state index in [0.29, 0.717) is 5.92 Å². The highest BCUT2D eigenvalue weighted by molar-refractivity contribution is 5.94. The van der Waals surface area contributed by atoms with Crippen LogP contribution in [0.5, 0.6) is 0 Å². The van der Waals surface area contributed by atoms with Crippen LogP contribution in [0.15, 0.2) is 18.2 Å². The van der Waals surface area contributed by atoms with Gasteiger partial charge in [-0.05, 0) is 69.6 Å². The molecule has 1 fully saturated rings. The van der Waals surface area contributed by atoms with Crippen LogP contribution in [0.2, 0.25) is 0 Å². The summed E-state index contributed by atoms with van der Waals surface area (Å²) in [7, 11) is 4.05. The first-order chi connectivity index (χ1) is 9.47. The van der Waals surface area contributed by atoms with Crippen molar-refractivity contribution < 1.29 is 4.79 Å². The van der Waals surface area contributed by atoms with E-state index >= 15 is 0 Å². The van der Waals surface area contributed by atoms with Gasteiger partial charge in [0, 0.05) is 24.8 Å². The van der Waals surface area contributed by atoms with Crippen molar-refractivity contribution in [1.82, 2.24) is 9.80 Å². The van der Waals surface area contributed by atoms with Gasteiger partial charge in [0.1, 0.15) is 0 Å². The molecule has 2 N–H and O–H groups in total. The van der Waals surface area contributed by atoms with Gasteiger partial charge in [-0.1, -0.05) is 0 Å². The van der Waals surface area contributed by atoms with Gasteiger partial charge in [0.25, 0.3) is 5.91 Å². The maximum Gasteiger partial charge on any atom is 0.253 e.